The van der Waals surface area contributed by atoms with Crippen LogP contribution in [0.2, 0.25) is 0 Å². The van der Waals surface area contributed by atoms with Gasteiger partial charge >= 0.3 is 0 Å². The average Bonchev–Trinajstić information content (AvgIpc) is 3.68. The van der Waals surface area contributed by atoms with Crippen LogP contribution >= 0.6 is 0 Å². The van der Waals surface area contributed by atoms with Gasteiger partial charge in [0.15, 0.2) is 11.5 Å². The molecule has 9 rings (SSSR count). The van der Waals surface area contributed by atoms with Gasteiger partial charge in [0.25, 0.3) is 11.8 Å². The Hall–Kier alpha value is -6.68. The van der Waals surface area contributed by atoms with E-state index in [0.29, 0.717) is 36.5 Å². The fraction of sp³-hybridized carbons (Fsp3) is 0.364. The fourth-order valence-electron chi connectivity index (χ4n) is 8.90. The number of anilines is 5. The van der Waals surface area contributed by atoms with Crippen LogP contribution in [0.15, 0.2) is 60.8 Å². The Balaban J connectivity index is 0.759. The number of imide groups is 2. The number of amides is 5. The van der Waals surface area contributed by atoms with E-state index in [4.69, 9.17) is 10.1 Å². The number of carbonyl (C=O) groups is 5. The molecule has 0 aliphatic carbocycles. The van der Waals surface area contributed by atoms with Crippen LogP contribution < -0.4 is 21.3 Å². The van der Waals surface area contributed by atoms with Crippen LogP contribution in [0.4, 0.5) is 28.8 Å². The molecule has 5 aromatic rings. The van der Waals surface area contributed by atoms with Crippen LogP contribution in [0.3, 0.4) is 0 Å². The van der Waals surface area contributed by atoms with E-state index in [-0.39, 0.29) is 36.4 Å². The molecule has 16 heteroatoms. The lowest BCUT2D eigenvalue weighted by atomic mass is 9.93. The van der Waals surface area contributed by atoms with E-state index in [0.717, 1.165) is 77.3 Å². The number of hydrogen-bond acceptors (Lipinski definition) is 12. The lowest BCUT2D eigenvalue weighted by molar-refractivity contribution is -0.136. The molecule has 0 spiro atoms. The van der Waals surface area contributed by atoms with Crippen LogP contribution in [-0.4, -0.2) is 103 Å². The third-order valence-electron chi connectivity index (χ3n) is 12.2. The maximum atomic E-state index is 13.2. The van der Waals surface area contributed by atoms with Gasteiger partial charge in [-0.3, -0.25) is 39.1 Å². The fourth-order valence-corrected chi connectivity index (χ4v) is 8.90. The summed E-state index contributed by atoms with van der Waals surface area (Å²) in [6, 6.07) is 16.4. The number of benzene rings is 3. The Kier molecular flexibility index (Phi) is 10.2. The number of nitrogens with zero attached hydrogens (tertiary/aromatic N) is 7. The van der Waals surface area contributed by atoms with Crippen molar-refractivity contribution in [3.05, 3.63) is 94.2 Å². The number of fused-ring (bicyclic) bond motifs is 3. The van der Waals surface area contributed by atoms with Crippen molar-refractivity contribution in [3.8, 4) is 0 Å². The summed E-state index contributed by atoms with van der Waals surface area (Å²) in [6.07, 6.45) is 4.76. The third kappa shape index (κ3) is 7.54. The zero-order valence-corrected chi connectivity index (χ0v) is 33.9. The van der Waals surface area contributed by atoms with Crippen molar-refractivity contribution in [1.82, 2.24) is 39.8 Å². The minimum Gasteiger partial charge on any atom is -0.376 e. The third-order valence-corrected chi connectivity index (χ3v) is 12.2. The molecule has 4 aliphatic heterocycles. The molecular weight excluding hydrogens is 763 g/mol. The first kappa shape index (κ1) is 38.8. The molecule has 4 aliphatic rings. The number of aromatic nitrogens is 4. The van der Waals surface area contributed by atoms with E-state index in [1.807, 2.05) is 24.2 Å². The van der Waals surface area contributed by atoms with Gasteiger partial charge in [0.1, 0.15) is 6.04 Å². The van der Waals surface area contributed by atoms with Crippen LogP contribution in [0.5, 0.6) is 0 Å². The molecule has 5 amide bonds. The Morgan fingerprint density at radius 1 is 0.850 bits per heavy atom. The summed E-state index contributed by atoms with van der Waals surface area (Å²) < 4.78 is 1.77. The Bertz CT molecular complexity index is 2560. The van der Waals surface area contributed by atoms with Gasteiger partial charge < -0.3 is 20.9 Å². The molecular formula is C44H47N11O5. The second kappa shape index (κ2) is 15.8. The van der Waals surface area contributed by atoms with E-state index in [1.165, 1.54) is 17.2 Å². The topological polar surface area (TPSA) is 187 Å². The highest BCUT2D eigenvalue weighted by molar-refractivity contribution is 6.23. The van der Waals surface area contributed by atoms with Gasteiger partial charge in [-0.1, -0.05) is 24.3 Å². The molecule has 0 radical (unpaired) electrons. The number of piperidine rings is 2. The first-order valence-electron chi connectivity index (χ1n) is 20.5. The largest absolute Gasteiger partial charge is 0.376 e. The smallest absolute Gasteiger partial charge is 0.262 e. The lowest BCUT2D eigenvalue weighted by Crippen LogP contribution is -2.54. The molecule has 2 saturated heterocycles. The van der Waals surface area contributed by atoms with Gasteiger partial charge in [0.05, 0.1) is 23.1 Å². The summed E-state index contributed by atoms with van der Waals surface area (Å²) in [6.45, 7) is 8.35. The molecule has 60 heavy (non-hydrogen) atoms. The second-order valence-corrected chi connectivity index (χ2v) is 16.3. The molecule has 0 bridgehead atoms. The Morgan fingerprint density at radius 3 is 2.40 bits per heavy atom. The maximum Gasteiger partial charge on any atom is 0.262 e. The highest BCUT2D eigenvalue weighted by Crippen LogP contribution is 2.32. The first-order chi connectivity index (χ1) is 29.0. The van der Waals surface area contributed by atoms with E-state index in [2.05, 4.69) is 75.3 Å². The monoisotopic (exact) mass is 809 g/mol. The molecule has 308 valence electrons. The number of hydrogen-bond donors (Lipinski definition) is 4. The van der Waals surface area contributed by atoms with E-state index >= 15 is 0 Å². The van der Waals surface area contributed by atoms with Gasteiger partial charge in [-0.2, -0.15) is 10.1 Å². The van der Waals surface area contributed by atoms with Crippen molar-refractivity contribution in [1.29, 1.82) is 0 Å². The van der Waals surface area contributed by atoms with Gasteiger partial charge in [0, 0.05) is 69.5 Å². The normalized spacial score (nSPS) is 18.4. The zero-order valence-electron chi connectivity index (χ0n) is 33.9. The SMILES string of the molecule is Cc1cccc(C)c1Nc1nn(C)c2nc(Nc3ccc4c(c3)CN(CC3CCN(C(=O)CNc5ccc6c(c5)C(=O)N(C5CCC(=O)NC5=O)C6=O)CC3)CC4)ncc12. The zero-order chi connectivity index (χ0) is 41.7. The Morgan fingerprint density at radius 2 is 1.62 bits per heavy atom. The highest BCUT2D eigenvalue weighted by Gasteiger charge is 2.44. The van der Waals surface area contributed by atoms with E-state index < -0.39 is 29.7 Å². The van der Waals surface area contributed by atoms with E-state index in [9.17, 15) is 24.0 Å². The predicted octanol–water partition coefficient (Wildman–Crippen LogP) is 4.58. The quantitative estimate of drug-likeness (QED) is 0.144. The minimum absolute atomic E-state index is 0.0329. The summed E-state index contributed by atoms with van der Waals surface area (Å²) in [5, 5.41) is 17.8. The molecule has 2 aromatic heterocycles. The molecule has 1 atom stereocenters. The minimum atomic E-state index is -1.03. The van der Waals surface area contributed by atoms with Crippen molar-refractivity contribution in [2.75, 3.05) is 48.7 Å². The van der Waals surface area contributed by atoms with Crippen LogP contribution in [0, 0.1) is 19.8 Å². The number of para-hydroxylation sites is 1. The van der Waals surface area contributed by atoms with Crippen molar-refractivity contribution in [2.24, 2.45) is 13.0 Å². The Labute approximate surface area is 346 Å². The van der Waals surface area contributed by atoms with E-state index in [1.54, 1.807) is 16.8 Å². The molecule has 4 N–H and O–H groups in total. The van der Waals surface area contributed by atoms with Crippen molar-refractivity contribution in [2.45, 2.75) is 58.5 Å². The molecule has 6 heterocycles. The second-order valence-electron chi connectivity index (χ2n) is 16.3. The molecule has 0 saturated carbocycles. The van der Waals surface area contributed by atoms with Gasteiger partial charge in [-0.05, 0) is 98.0 Å². The molecule has 16 nitrogen and oxygen atoms in total. The molecule has 1 unspecified atom stereocenters. The predicted molar refractivity (Wildman–Crippen MR) is 225 cm³/mol. The number of nitrogens with one attached hydrogen (secondary N) is 4. The number of likely N-dealkylation sites (tertiary alicyclic amines) is 1. The van der Waals surface area contributed by atoms with Crippen molar-refractivity contribution in [3.63, 3.8) is 0 Å². The van der Waals surface area contributed by atoms with Crippen LogP contribution in [-0.2, 0) is 34.4 Å². The van der Waals surface area contributed by atoms with Gasteiger partial charge in [0.2, 0.25) is 23.7 Å². The summed E-state index contributed by atoms with van der Waals surface area (Å²) in [5.74, 6) is -0.552. The average molecular weight is 810 g/mol. The van der Waals surface area contributed by atoms with Crippen molar-refractivity contribution < 1.29 is 24.0 Å². The summed E-state index contributed by atoms with van der Waals surface area (Å²) in [7, 11) is 1.89. The number of aryl methyl sites for hydroxylation is 3. The number of carbonyl (C=O) groups excluding carboxylic acids is 5. The number of rotatable bonds is 10. The highest BCUT2D eigenvalue weighted by atomic mass is 16.2. The summed E-state index contributed by atoms with van der Waals surface area (Å²) in [5.41, 5.74) is 8.51. The van der Waals surface area contributed by atoms with Crippen LogP contribution in [0.25, 0.3) is 11.0 Å². The van der Waals surface area contributed by atoms with Crippen molar-refractivity contribution >= 4 is 69.4 Å². The van der Waals surface area contributed by atoms with Crippen LogP contribution in [0.1, 0.15) is 68.7 Å². The lowest BCUT2D eigenvalue weighted by Gasteiger charge is -2.36. The summed E-state index contributed by atoms with van der Waals surface area (Å²) >= 11 is 0. The molecule has 3 aromatic carbocycles. The molecule has 2 fully saturated rings. The van der Waals surface area contributed by atoms with Gasteiger partial charge in [-0.15, -0.1) is 0 Å². The standard InChI is InChI=1S/C44H47N11O5/c1-25-5-4-6-26(2)38(25)49-39-34-21-46-44(50-40(34)52(3)51-39)47-31-8-7-28-15-16-53(24-29(28)19-31)23-27-13-17-54(18-14-27)37(57)22-45-30-9-10-32-33(20-30)43(60)55(42(32)59)35-11-12-36(56)48-41(35)58/h4-10,19-21,27,35,45H,11-18,22-24H2,1-3H3,(H,49,51)(H,46,47,50)(H,48,56,58). The van der Waals surface area contributed by atoms with Gasteiger partial charge in [-0.25, -0.2) is 9.67 Å². The first-order valence-corrected chi connectivity index (χ1v) is 20.5. The summed E-state index contributed by atoms with van der Waals surface area (Å²) in [4.78, 5) is 78.3. The maximum absolute atomic E-state index is 13.2.